The minimum atomic E-state index is -0.0871. The Morgan fingerprint density at radius 3 is 2.70 bits per heavy atom. The van der Waals surface area contributed by atoms with Crippen LogP contribution in [0.5, 0.6) is 5.75 Å². The zero-order valence-corrected chi connectivity index (χ0v) is 17.0. The molecule has 2 aromatic rings. The van der Waals surface area contributed by atoms with Crippen molar-refractivity contribution in [3.05, 3.63) is 76.7 Å². The number of aryl methyl sites for hydroxylation is 1. The molecule has 1 fully saturated rings. The Bertz CT molecular complexity index is 922. The van der Waals surface area contributed by atoms with Crippen LogP contribution in [0.1, 0.15) is 16.7 Å². The van der Waals surface area contributed by atoms with Crippen molar-refractivity contribution in [1.82, 2.24) is 4.90 Å². The number of rotatable bonds is 6. The highest BCUT2D eigenvalue weighted by molar-refractivity contribution is 8.26. The summed E-state index contributed by atoms with van der Waals surface area (Å²) in [6.07, 6.45) is 3.54. The summed E-state index contributed by atoms with van der Waals surface area (Å²) in [4.78, 5) is 14.7. The third-order valence-electron chi connectivity index (χ3n) is 4.15. The van der Waals surface area contributed by atoms with E-state index in [-0.39, 0.29) is 5.91 Å². The first-order valence-electron chi connectivity index (χ1n) is 8.63. The molecule has 0 saturated carbocycles. The number of hydrogen-bond acceptors (Lipinski definition) is 4. The van der Waals surface area contributed by atoms with Crippen LogP contribution >= 0.6 is 24.0 Å². The first-order chi connectivity index (χ1) is 13.0. The number of benzene rings is 2. The van der Waals surface area contributed by atoms with Gasteiger partial charge in [0.2, 0.25) is 0 Å². The molecule has 0 aliphatic carbocycles. The average Bonchev–Trinajstić information content (AvgIpc) is 2.90. The summed E-state index contributed by atoms with van der Waals surface area (Å²) in [5.41, 5.74) is 4.30. The monoisotopic (exact) mass is 393 g/mol. The van der Waals surface area contributed by atoms with Gasteiger partial charge in [-0.25, -0.2) is 0 Å². The van der Waals surface area contributed by atoms with Crippen molar-refractivity contribution in [2.45, 2.75) is 13.5 Å². The van der Waals surface area contributed by atoms with Gasteiger partial charge in [-0.2, -0.15) is 0 Å². The molecule has 1 saturated heterocycles. The van der Waals surface area contributed by atoms with Crippen LogP contribution in [-0.2, 0) is 11.4 Å². The van der Waals surface area contributed by atoms with E-state index in [0.29, 0.717) is 22.4 Å². The molecule has 0 unspecified atom stereocenters. The number of carbonyl (C=O) groups excluding carboxylic acids is 1. The summed E-state index contributed by atoms with van der Waals surface area (Å²) in [5, 5.41) is 0. The molecule has 0 bridgehead atoms. The van der Waals surface area contributed by atoms with E-state index >= 15 is 0 Å². The SMILES string of the molecule is Bc1ccc(OCc2ccc(C)cc2)c(/C=C2\SC(=S)N(CC=C)C2=O)c1. The summed E-state index contributed by atoms with van der Waals surface area (Å²) >= 11 is 6.62. The molecule has 1 heterocycles. The van der Waals surface area contributed by atoms with Gasteiger partial charge in [-0.05, 0) is 24.6 Å². The Balaban J connectivity index is 1.84. The number of amides is 1. The van der Waals surface area contributed by atoms with Crippen LogP contribution in [0.4, 0.5) is 0 Å². The topological polar surface area (TPSA) is 29.5 Å². The van der Waals surface area contributed by atoms with E-state index in [1.165, 1.54) is 17.3 Å². The molecule has 6 heteroatoms. The van der Waals surface area contributed by atoms with Gasteiger partial charge >= 0.3 is 0 Å². The molecule has 0 atom stereocenters. The van der Waals surface area contributed by atoms with Crippen LogP contribution in [0.25, 0.3) is 6.08 Å². The normalized spacial score (nSPS) is 15.4. The maximum atomic E-state index is 12.6. The largest absolute Gasteiger partial charge is 0.488 e. The molecule has 0 spiro atoms. The Hall–Kier alpha value is -2.31. The van der Waals surface area contributed by atoms with E-state index < -0.39 is 0 Å². The zero-order chi connectivity index (χ0) is 19.4. The fourth-order valence-corrected chi connectivity index (χ4v) is 3.95. The van der Waals surface area contributed by atoms with Crippen molar-refractivity contribution in [2.75, 3.05) is 6.54 Å². The van der Waals surface area contributed by atoms with Crippen molar-refractivity contribution in [3.8, 4) is 5.75 Å². The van der Waals surface area contributed by atoms with Crippen LogP contribution in [0.2, 0.25) is 0 Å². The molecule has 0 N–H and O–H groups in total. The van der Waals surface area contributed by atoms with E-state index in [9.17, 15) is 4.79 Å². The quantitative estimate of drug-likeness (QED) is 0.326. The summed E-state index contributed by atoms with van der Waals surface area (Å²) in [5.74, 6) is 0.658. The smallest absolute Gasteiger partial charge is 0.266 e. The van der Waals surface area contributed by atoms with Gasteiger partial charge < -0.3 is 4.74 Å². The first-order valence-corrected chi connectivity index (χ1v) is 9.85. The van der Waals surface area contributed by atoms with Crippen molar-refractivity contribution in [1.29, 1.82) is 0 Å². The molecule has 0 radical (unpaired) electrons. The molecule has 1 aliphatic rings. The Morgan fingerprint density at radius 1 is 1.26 bits per heavy atom. The minimum absolute atomic E-state index is 0.0871. The fourth-order valence-electron chi connectivity index (χ4n) is 2.69. The molecule has 27 heavy (non-hydrogen) atoms. The molecule has 0 aromatic heterocycles. The second-order valence-corrected chi connectivity index (χ2v) is 8.07. The van der Waals surface area contributed by atoms with Crippen molar-refractivity contribution < 1.29 is 9.53 Å². The summed E-state index contributed by atoms with van der Waals surface area (Å²) in [7, 11) is 2.02. The lowest BCUT2D eigenvalue weighted by atomic mass is 9.94. The van der Waals surface area contributed by atoms with Gasteiger partial charge in [0.05, 0.1) is 4.91 Å². The molecular weight excluding hydrogens is 373 g/mol. The third kappa shape index (κ3) is 4.70. The molecule has 136 valence electrons. The third-order valence-corrected chi connectivity index (χ3v) is 5.53. The second-order valence-electron chi connectivity index (χ2n) is 6.40. The lowest BCUT2D eigenvalue weighted by Gasteiger charge is -2.12. The number of thioether (sulfide) groups is 1. The van der Waals surface area contributed by atoms with Crippen LogP contribution in [-0.4, -0.2) is 29.5 Å². The summed E-state index contributed by atoms with van der Waals surface area (Å²) in [6, 6.07) is 14.2. The standard InChI is InChI=1S/C21H20BNO2S2/c1-3-10-23-20(24)19(27-21(23)26)12-16-11-17(22)8-9-18(16)25-13-15-6-4-14(2)5-7-15/h3-9,11-12H,1,10,13,22H2,2H3/b19-12-. The second kappa shape index (κ2) is 8.59. The van der Waals surface area contributed by atoms with Crippen molar-refractivity contribution >= 4 is 53.6 Å². The molecule has 2 aromatic carbocycles. The highest BCUT2D eigenvalue weighted by atomic mass is 32.2. The Kier molecular flexibility index (Phi) is 6.19. The number of carbonyl (C=O) groups is 1. The zero-order valence-electron chi connectivity index (χ0n) is 15.4. The molecule has 1 aliphatic heterocycles. The van der Waals surface area contributed by atoms with Crippen LogP contribution < -0.4 is 10.2 Å². The molecule has 3 nitrogen and oxygen atoms in total. The highest BCUT2D eigenvalue weighted by Gasteiger charge is 2.31. The highest BCUT2D eigenvalue weighted by Crippen LogP contribution is 2.34. The minimum Gasteiger partial charge on any atom is -0.488 e. The van der Waals surface area contributed by atoms with Crippen LogP contribution in [0.15, 0.2) is 60.0 Å². The van der Waals surface area contributed by atoms with Crippen molar-refractivity contribution in [2.24, 2.45) is 0 Å². The number of nitrogens with zero attached hydrogens (tertiary/aromatic N) is 1. The Morgan fingerprint density at radius 2 is 2.00 bits per heavy atom. The van der Waals surface area contributed by atoms with Gasteiger partial charge in [-0.3, -0.25) is 9.69 Å². The van der Waals surface area contributed by atoms with Crippen molar-refractivity contribution in [3.63, 3.8) is 0 Å². The first kappa shape index (κ1) is 19.5. The number of thiocarbonyl (C=S) groups is 1. The summed E-state index contributed by atoms with van der Waals surface area (Å²) < 4.78 is 6.59. The Labute approximate surface area is 170 Å². The van der Waals surface area contributed by atoms with E-state index in [0.717, 1.165) is 22.3 Å². The fraction of sp³-hybridized carbons (Fsp3) is 0.143. The lowest BCUT2D eigenvalue weighted by Crippen LogP contribution is -2.27. The number of ether oxygens (including phenoxy) is 1. The van der Waals surface area contributed by atoms with Crippen LogP contribution in [0.3, 0.4) is 0 Å². The average molecular weight is 393 g/mol. The summed E-state index contributed by atoms with van der Waals surface area (Å²) in [6.45, 7) is 6.64. The van der Waals surface area contributed by atoms with E-state index in [1.54, 1.807) is 11.0 Å². The predicted octanol–water partition coefficient (Wildman–Crippen LogP) is 3.22. The maximum absolute atomic E-state index is 12.6. The number of hydrogen-bond donors (Lipinski definition) is 0. The molecule has 1 amide bonds. The van der Waals surface area contributed by atoms with E-state index in [4.69, 9.17) is 17.0 Å². The van der Waals surface area contributed by atoms with Gasteiger partial charge in [0.25, 0.3) is 5.91 Å². The lowest BCUT2D eigenvalue weighted by molar-refractivity contribution is -0.121. The van der Waals surface area contributed by atoms with Gasteiger partial charge in [0.15, 0.2) is 0 Å². The molecule has 3 rings (SSSR count). The van der Waals surface area contributed by atoms with E-state index in [2.05, 4.69) is 37.8 Å². The van der Waals surface area contributed by atoms with Gasteiger partial charge in [-0.1, -0.05) is 77.5 Å². The predicted molar refractivity (Wildman–Crippen MR) is 120 cm³/mol. The molecular formula is C21H20BNO2S2. The van der Waals surface area contributed by atoms with Crippen LogP contribution in [0, 0.1) is 6.92 Å². The van der Waals surface area contributed by atoms with E-state index in [1.807, 2.05) is 32.1 Å². The van der Waals surface area contributed by atoms with Gasteiger partial charge in [0, 0.05) is 12.1 Å². The van der Waals surface area contributed by atoms with Gasteiger partial charge in [-0.15, -0.1) is 6.58 Å². The maximum Gasteiger partial charge on any atom is 0.266 e. The van der Waals surface area contributed by atoms with Gasteiger partial charge in [0.1, 0.15) is 24.5 Å².